The van der Waals surface area contributed by atoms with Crippen LogP contribution >= 0.6 is 0 Å². The van der Waals surface area contributed by atoms with Gasteiger partial charge in [0.2, 0.25) is 6.71 Å². The summed E-state index contributed by atoms with van der Waals surface area (Å²) in [6.07, 6.45) is 3.47. The van der Waals surface area contributed by atoms with Crippen LogP contribution in [0.25, 0.3) is 22.5 Å². The summed E-state index contributed by atoms with van der Waals surface area (Å²) >= 11 is 0. The van der Waals surface area contributed by atoms with E-state index < -0.39 is 0 Å². The first-order chi connectivity index (χ1) is 17.3. The maximum atomic E-state index is 4.72. The smallest absolute Gasteiger partial charge is 0.242 e. The first-order valence-electron chi connectivity index (χ1n) is 12.3. The van der Waals surface area contributed by atoms with Crippen molar-refractivity contribution in [3.63, 3.8) is 0 Å². The van der Waals surface area contributed by atoms with E-state index in [1.807, 2.05) is 12.3 Å². The topological polar surface area (TPSA) is 51.8 Å². The molecule has 0 bridgehead atoms. The average molecular weight is 471 g/mol. The van der Waals surface area contributed by atoms with Gasteiger partial charge in [0.1, 0.15) is 6.20 Å². The number of hydrogen-bond donors (Lipinski definition) is 0. The fraction of sp³-hybridized carbons (Fsp3) is 0.194. The van der Waals surface area contributed by atoms with Crippen LogP contribution in [0.5, 0.6) is 0 Å². The van der Waals surface area contributed by atoms with Gasteiger partial charge in [0.15, 0.2) is 5.69 Å². The van der Waals surface area contributed by atoms with Crippen LogP contribution in [-0.2, 0) is 0 Å². The van der Waals surface area contributed by atoms with Gasteiger partial charge in [-0.25, -0.2) is 4.63 Å². The first-order valence-corrected chi connectivity index (χ1v) is 12.3. The molecule has 0 radical (unpaired) electrons. The maximum absolute atomic E-state index is 4.72. The SMILES string of the molecule is Cc1cc(C)c(B(c2cccc(-c3ccc(-c4cnon4)nc3)c2)c2c(C)cc(C)cc2C)c(C)c1. The summed E-state index contributed by atoms with van der Waals surface area (Å²) in [6, 6.07) is 22.1. The van der Waals surface area contributed by atoms with Gasteiger partial charge in [-0.2, -0.15) is 0 Å². The molecule has 4 nitrogen and oxygen atoms in total. The zero-order valence-electron chi connectivity index (χ0n) is 21.8. The fourth-order valence-corrected chi connectivity index (χ4v) is 5.66. The number of pyridine rings is 1. The standard InChI is InChI=1S/C31H30BN3O/c1-19-12-21(3)30(22(4)13-19)32(31-23(5)14-20(2)15-24(31)6)27-9-7-8-25(16-27)26-10-11-28(33-17-26)29-18-34-36-35-29/h7-18H,1-6H3. The molecule has 5 heteroatoms. The first kappa shape index (κ1) is 23.7. The second kappa shape index (κ2) is 9.58. The van der Waals surface area contributed by atoms with Gasteiger partial charge in [0.05, 0.1) is 5.69 Å². The Morgan fingerprint density at radius 2 is 1.22 bits per heavy atom. The third-order valence-electron chi connectivity index (χ3n) is 6.99. The second-order valence-electron chi connectivity index (χ2n) is 9.91. The molecule has 36 heavy (non-hydrogen) atoms. The van der Waals surface area contributed by atoms with E-state index in [4.69, 9.17) is 4.63 Å². The zero-order valence-corrected chi connectivity index (χ0v) is 21.8. The van der Waals surface area contributed by atoms with Crippen LogP contribution in [-0.4, -0.2) is 22.0 Å². The second-order valence-corrected chi connectivity index (χ2v) is 9.91. The third-order valence-corrected chi connectivity index (χ3v) is 6.99. The normalized spacial score (nSPS) is 11.1. The van der Waals surface area contributed by atoms with Crippen molar-refractivity contribution in [2.24, 2.45) is 0 Å². The average Bonchev–Trinajstić information content (AvgIpc) is 3.37. The zero-order chi connectivity index (χ0) is 25.4. The molecule has 0 saturated carbocycles. The highest BCUT2D eigenvalue weighted by atomic mass is 16.6. The van der Waals surface area contributed by atoms with Crippen molar-refractivity contribution in [1.82, 2.24) is 15.3 Å². The van der Waals surface area contributed by atoms with E-state index in [1.54, 1.807) is 6.20 Å². The Balaban J connectivity index is 1.66. The van der Waals surface area contributed by atoms with Gasteiger partial charge in [0, 0.05) is 11.8 Å². The van der Waals surface area contributed by atoms with Crippen LogP contribution in [0.15, 0.2) is 77.7 Å². The number of aryl methyl sites for hydroxylation is 6. The lowest BCUT2D eigenvalue weighted by atomic mass is 9.34. The van der Waals surface area contributed by atoms with E-state index in [0.29, 0.717) is 5.69 Å². The van der Waals surface area contributed by atoms with E-state index in [-0.39, 0.29) is 6.71 Å². The predicted octanol–water partition coefficient (Wildman–Crippen LogP) is 5.17. The monoisotopic (exact) mass is 471 g/mol. The van der Waals surface area contributed by atoms with E-state index in [2.05, 4.69) is 111 Å². The van der Waals surface area contributed by atoms with E-state index in [1.165, 1.54) is 49.8 Å². The van der Waals surface area contributed by atoms with E-state index in [0.717, 1.165) is 16.8 Å². The lowest BCUT2D eigenvalue weighted by Gasteiger charge is -2.25. The minimum absolute atomic E-state index is 0.139. The Hall–Kier alpha value is -3.99. The van der Waals surface area contributed by atoms with Gasteiger partial charge in [-0.1, -0.05) is 110 Å². The van der Waals surface area contributed by atoms with Crippen LogP contribution in [0, 0.1) is 41.5 Å². The Morgan fingerprint density at radius 3 is 1.72 bits per heavy atom. The Bertz CT molecular complexity index is 1440. The molecule has 0 fully saturated rings. The highest BCUT2D eigenvalue weighted by molar-refractivity contribution is 6.96. The van der Waals surface area contributed by atoms with Crippen molar-refractivity contribution >= 4 is 23.1 Å². The van der Waals surface area contributed by atoms with Gasteiger partial charge in [0.25, 0.3) is 0 Å². The van der Waals surface area contributed by atoms with Crippen LogP contribution in [0.3, 0.4) is 0 Å². The minimum atomic E-state index is 0.139. The molecule has 0 aliphatic rings. The number of aromatic nitrogens is 3. The summed E-state index contributed by atoms with van der Waals surface area (Å²) in [5.74, 6) is 0. The molecule has 0 atom stereocenters. The number of hydrogen-bond acceptors (Lipinski definition) is 4. The Morgan fingerprint density at radius 1 is 0.611 bits per heavy atom. The molecule has 3 aromatic carbocycles. The summed E-state index contributed by atoms with van der Waals surface area (Å²) in [4.78, 5) is 4.60. The Labute approximate surface area is 213 Å². The quantitative estimate of drug-likeness (QED) is 0.332. The van der Waals surface area contributed by atoms with Crippen molar-refractivity contribution in [2.45, 2.75) is 41.5 Å². The lowest BCUT2D eigenvalue weighted by Crippen LogP contribution is -2.55. The van der Waals surface area contributed by atoms with E-state index >= 15 is 0 Å². The molecule has 0 aliphatic heterocycles. The number of benzene rings is 3. The highest BCUT2D eigenvalue weighted by Crippen LogP contribution is 2.21. The van der Waals surface area contributed by atoms with Gasteiger partial charge >= 0.3 is 0 Å². The molecule has 0 amide bonds. The van der Waals surface area contributed by atoms with Crippen LogP contribution < -0.4 is 16.4 Å². The molecule has 5 rings (SSSR count). The highest BCUT2D eigenvalue weighted by Gasteiger charge is 2.28. The minimum Gasteiger partial charge on any atom is -0.254 e. The summed E-state index contributed by atoms with van der Waals surface area (Å²) in [7, 11) is 0. The van der Waals surface area contributed by atoms with Gasteiger partial charge in [-0.15, -0.1) is 0 Å². The van der Waals surface area contributed by atoms with Crippen molar-refractivity contribution in [3.8, 4) is 22.5 Å². The van der Waals surface area contributed by atoms with Crippen molar-refractivity contribution in [2.75, 3.05) is 0 Å². The van der Waals surface area contributed by atoms with Crippen molar-refractivity contribution < 1.29 is 4.63 Å². The lowest BCUT2D eigenvalue weighted by molar-refractivity contribution is 0.308. The molecule has 0 spiro atoms. The van der Waals surface area contributed by atoms with Crippen molar-refractivity contribution in [1.29, 1.82) is 0 Å². The number of nitrogens with zero attached hydrogens (tertiary/aromatic N) is 3. The summed E-state index contributed by atoms with van der Waals surface area (Å²) in [5.41, 5.74) is 15.5. The Kier molecular flexibility index (Phi) is 6.32. The molecular weight excluding hydrogens is 441 g/mol. The fourth-order valence-electron chi connectivity index (χ4n) is 5.66. The maximum Gasteiger partial charge on any atom is 0.242 e. The predicted molar refractivity (Wildman–Crippen MR) is 149 cm³/mol. The summed E-state index contributed by atoms with van der Waals surface area (Å²) in [5, 5.41) is 7.57. The largest absolute Gasteiger partial charge is 0.254 e. The van der Waals surface area contributed by atoms with E-state index in [9.17, 15) is 0 Å². The van der Waals surface area contributed by atoms with Crippen LogP contribution in [0.4, 0.5) is 0 Å². The van der Waals surface area contributed by atoms with Gasteiger partial charge in [-0.05, 0) is 58.3 Å². The molecule has 0 aliphatic carbocycles. The molecule has 2 heterocycles. The summed E-state index contributed by atoms with van der Waals surface area (Å²) < 4.78 is 4.72. The summed E-state index contributed by atoms with van der Waals surface area (Å²) in [6.45, 7) is 13.5. The van der Waals surface area contributed by atoms with Gasteiger partial charge < -0.3 is 0 Å². The molecule has 5 aromatic rings. The third kappa shape index (κ3) is 4.49. The van der Waals surface area contributed by atoms with Gasteiger partial charge in [-0.3, -0.25) is 4.98 Å². The van der Waals surface area contributed by atoms with Crippen molar-refractivity contribution in [3.05, 3.63) is 106 Å². The molecule has 178 valence electrons. The molecule has 0 N–H and O–H groups in total. The van der Waals surface area contributed by atoms with Crippen LogP contribution in [0.1, 0.15) is 33.4 Å². The van der Waals surface area contributed by atoms with Crippen LogP contribution in [0.2, 0.25) is 0 Å². The molecule has 0 unspecified atom stereocenters. The number of rotatable bonds is 5. The molecule has 0 saturated heterocycles. The molecular formula is C31H30BN3O. The molecule has 2 aromatic heterocycles.